The molecular weight excluding hydrogens is 304 g/mol. The summed E-state index contributed by atoms with van der Waals surface area (Å²) in [6.45, 7) is 3.66. The number of benzene rings is 2. The van der Waals surface area contributed by atoms with E-state index in [2.05, 4.69) is 23.7 Å². The zero-order valence-electron chi connectivity index (χ0n) is 13.7. The average Bonchev–Trinajstić information content (AvgIpc) is 2.58. The molecule has 0 saturated carbocycles. The molecule has 0 aliphatic heterocycles. The molecule has 0 unspecified atom stereocenters. The fourth-order valence-corrected chi connectivity index (χ4v) is 3.07. The second kappa shape index (κ2) is 8.22. The SMILES string of the molecule is CC#Cc1ccc(OC)cc1Sc1cc(OC)ccc1C#CC. The first-order chi connectivity index (χ1) is 11.2. The summed E-state index contributed by atoms with van der Waals surface area (Å²) in [5.74, 6) is 13.8. The van der Waals surface area contributed by atoms with E-state index in [4.69, 9.17) is 9.47 Å². The summed E-state index contributed by atoms with van der Waals surface area (Å²) in [4.78, 5) is 2.07. The molecule has 0 atom stereocenters. The average molecular weight is 322 g/mol. The van der Waals surface area contributed by atoms with E-state index in [1.165, 1.54) is 0 Å². The summed E-state index contributed by atoms with van der Waals surface area (Å²) in [5, 5.41) is 0. The van der Waals surface area contributed by atoms with E-state index in [0.29, 0.717) is 0 Å². The van der Waals surface area contributed by atoms with Gasteiger partial charge in [-0.25, -0.2) is 0 Å². The van der Waals surface area contributed by atoms with Gasteiger partial charge in [0.25, 0.3) is 0 Å². The smallest absolute Gasteiger partial charge is 0.120 e. The van der Waals surface area contributed by atoms with Crippen LogP contribution in [0.3, 0.4) is 0 Å². The maximum Gasteiger partial charge on any atom is 0.120 e. The van der Waals surface area contributed by atoms with Crippen LogP contribution in [0.4, 0.5) is 0 Å². The molecule has 0 amide bonds. The summed E-state index contributed by atoms with van der Waals surface area (Å²) in [5.41, 5.74) is 1.94. The molecule has 2 rings (SSSR count). The lowest BCUT2D eigenvalue weighted by Gasteiger charge is -2.10. The third kappa shape index (κ3) is 4.25. The van der Waals surface area contributed by atoms with Crippen LogP contribution in [0.2, 0.25) is 0 Å². The first-order valence-corrected chi connectivity index (χ1v) is 7.93. The van der Waals surface area contributed by atoms with Gasteiger partial charge in [-0.2, -0.15) is 0 Å². The molecule has 116 valence electrons. The second-order valence-corrected chi connectivity index (χ2v) is 5.66. The number of hydrogen-bond donors (Lipinski definition) is 0. The van der Waals surface area contributed by atoms with E-state index in [-0.39, 0.29) is 0 Å². The van der Waals surface area contributed by atoms with Crippen LogP contribution < -0.4 is 9.47 Å². The van der Waals surface area contributed by atoms with Gasteiger partial charge in [-0.3, -0.25) is 0 Å². The fraction of sp³-hybridized carbons (Fsp3) is 0.200. The van der Waals surface area contributed by atoms with Gasteiger partial charge in [0.15, 0.2) is 0 Å². The van der Waals surface area contributed by atoms with Crippen LogP contribution in [-0.4, -0.2) is 14.2 Å². The highest BCUT2D eigenvalue weighted by atomic mass is 32.2. The number of hydrogen-bond acceptors (Lipinski definition) is 3. The Kier molecular flexibility index (Phi) is 6.03. The summed E-state index contributed by atoms with van der Waals surface area (Å²) < 4.78 is 10.7. The third-order valence-corrected chi connectivity index (χ3v) is 4.23. The summed E-state index contributed by atoms with van der Waals surface area (Å²) >= 11 is 1.61. The molecular formula is C20H18O2S. The van der Waals surface area contributed by atoms with Gasteiger partial charge >= 0.3 is 0 Å². The van der Waals surface area contributed by atoms with Crippen molar-refractivity contribution in [3.05, 3.63) is 47.5 Å². The lowest BCUT2D eigenvalue weighted by Crippen LogP contribution is -1.90. The molecule has 2 nitrogen and oxygen atoms in total. The maximum absolute atomic E-state index is 5.33. The van der Waals surface area contributed by atoms with E-state index in [9.17, 15) is 0 Å². The number of methoxy groups -OCH3 is 2. The normalized spacial score (nSPS) is 9.22. The fourth-order valence-electron chi connectivity index (χ4n) is 2.02. The van der Waals surface area contributed by atoms with Crippen molar-refractivity contribution >= 4 is 11.8 Å². The van der Waals surface area contributed by atoms with Crippen LogP contribution in [0.15, 0.2) is 46.2 Å². The van der Waals surface area contributed by atoms with Crippen molar-refractivity contribution < 1.29 is 9.47 Å². The zero-order chi connectivity index (χ0) is 16.7. The van der Waals surface area contributed by atoms with E-state index in [0.717, 1.165) is 32.4 Å². The molecule has 0 aliphatic rings. The lowest BCUT2D eigenvalue weighted by molar-refractivity contribution is 0.413. The predicted octanol–water partition coefficient (Wildman–Crippen LogP) is 4.60. The van der Waals surface area contributed by atoms with Gasteiger partial charge in [0, 0.05) is 20.9 Å². The van der Waals surface area contributed by atoms with Gasteiger partial charge in [0.1, 0.15) is 11.5 Å². The van der Waals surface area contributed by atoms with E-state index in [1.807, 2.05) is 50.2 Å². The van der Waals surface area contributed by atoms with Crippen LogP contribution in [-0.2, 0) is 0 Å². The Balaban J connectivity index is 2.51. The van der Waals surface area contributed by atoms with Crippen molar-refractivity contribution in [1.29, 1.82) is 0 Å². The molecule has 0 fully saturated rings. The number of ether oxygens (including phenoxy) is 2. The molecule has 23 heavy (non-hydrogen) atoms. The second-order valence-electron chi connectivity index (χ2n) is 4.58. The van der Waals surface area contributed by atoms with Crippen molar-refractivity contribution in [3.8, 4) is 35.2 Å². The van der Waals surface area contributed by atoms with Gasteiger partial charge in [0.05, 0.1) is 14.2 Å². The zero-order valence-corrected chi connectivity index (χ0v) is 14.5. The Hall–Kier alpha value is -2.49. The molecule has 2 aromatic rings. The summed E-state index contributed by atoms with van der Waals surface area (Å²) in [6.07, 6.45) is 0. The third-order valence-electron chi connectivity index (χ3n) is 3.12. The predicted molar refractivity (Wildman–Crippen MR) is 95.2 cm³/mol. The van der Waals surface area contributed by atoms with Gasteiger partial charge in [-0.1, -0.05) is 23.6 Å². The summed E-state index contributed by atoms with van der Waals surface area (Å²) in [6, 6.07) is 11.8. The van der Waals surface area contributed by atoms with Crippen molar-refractivity contribution in [2.45, 2.75) is 23.6 Å². The minimum Gasteiger partial charge on any atom is -0.497 e. The topological polar surface area (TPSA) is 18.5 Å². The highest BCUT2D eigenvalue weighted by Crippen LogP contribution is 2.36. The van der Waals surface area contributed by atoms with E-state index < -0.39 is 0 Å². The van der Waals surface area contributed by atoms with Gasteiger partial charge in [-0.15, -0.1) is 11.8 Å². The Morgan fingerprint density at radius 2 is 1.17 bits per heavy atom. The highest BCUT2D eigenvalue weighted by Gasteiger charge is 2.09. The quantitative estimate of drug-likeness (QED) is 0.767. The van der Waals surface area contributed by atoms with Gasteiger partial charge in [0.2, 0.25) is 0 Å². The molecule has 0 N–H and O–H groups in total. The first kappa shape index (κ1) is 16.9. The summed E-state index contributed by atoms with van der Waals surface area (Å²) in [7, 11) is 3.32. The molecule has 0 saturated heterocycles. The molecule has 0 radical (unpaired) electrons. The van der Waals surface area contributed by atoms with Crippen LogP contribution in [0, 0.1) is 23.7 Å². The highest BCUT2D eigenvalue weighted by molar-refractivity contribution is 7.99. The van der Waals surface area contributed by atoms with Crippen LogP contribution in [0.1, 0.15) is 25.0 Å². The van der Waals surface area contributed by atoms with Crippen LogP contribution in [0.25, 0.3) is 0 Å². The molecule has 0 aliphatic carbocycles. The van der Waals surface area contributed by atoms with Crippen molar-refractivity contribution in [1.82, 2.24) is 0 Å². The minimum atomic E-state index is 0.806. The lowest BCUT2D eigenvalue weighted by atomic mass is 10.2. The van der Waals surface area contributed by atoms with E-state index >= 15 is 0 Å². The molecule has 0 bridgehead atoms. The molecule has 3 heteroatoms. The van der Waals surface area contributed by atoms with E-state index in [1.54, 1.807) is 26.0 Å². The standard InChI is InChI=1S/C20H18O2S/c1-5-7-15-9-11-17(21-3)13-19(15)23-20-14-18(22-4)12-10-16(20)8-6-2/h9-14H,1-4H3. The molecule has 0 heterocycles. The monoisotopic (exact) mass is 322 g/mol. The Morgan fingerprint density at radius 3 is 1.52 bits per heavy atom. The molecule has 0 aromatic heterocycles. The Morgan fingerprint density at radius 1 is 0.739 bits per heavy atom. The largest absolute Gasteiger partial charge is 0.497 e. The van der Waals surface area contributed by atoms with Gasteiger partial charge < -0.3 is 9.47 Å². The minimum absolute atomic E-state index is 0.806. The first-order valence-electron chi connectivity index (χ1n) is 7.11. The van der Waals surface area contributed by atoms with Crippen molar-refractivity contribution in [2.24, 2.45) is 0 Å². The molecule has 2 aromatic carbocycles. The number of rotatable bonds is 4. The molecule has 0 spiro atoms. The maximum atomic E-state index is 5.33. The van der Waals surface area contributed by atoms with Gasteiger partial charge in [-0.05, 0) is 50.2 Å². The Labute approximate surface area is 142 Å². The van der Waals surface area contributed by atoms with Crippen LogP contribution in [0.5, 0.6) is 11.5 Å². The van der Waals surface area contributed by atoms with Crippen LogP contribution >= 0.6 is 11.8 Å². The Bertz CT molecular complexity index is 748. The van der Waals surface area contributed by atoms with Crippen molar-refractivity contribution in [3.63, 3.8) is 0 Å². The van der Waals surface area contributed by atoms with Crippen molar-refractivity contribution in [2.75, 3.05) is 14.2 Å².